The van der Waals surface area contributed by atoms with E-state index in [0.717, 1.165) is 6.42 Å². The van der Waals surface area contributed by atoms with Crippen LogP contribution in [0.5, 0.6) is 0 Å². The zero-order chi connectivity index (χ0) is 14.9. The van der Waals surface area contributed by atoms with E-state index < -0.39 is 11.7 Å². The fourth-order valence-electron chi connectivity index (χ4n) is 3.28. The third-order valence-corrected chi connectivity index (χ3v) is 4.43. The van der Waals surface area contributed by atoms with Crippen molar-refractivity contribution in [2.24, 2.45) is 17.3 Å². The van der Waals surface area contributed by atoms with Crippen LogP contribution in [0.2, 0.25) is 0 Å². The van der Waals surface area contributed by atoms with Crippen molar-refractivity contribution in [3.05, 3.63) is 0 Å². The predicted molar refractivity (Wildman–Crippen MR) is 70.6 cm³/mol. The lowest BCUT2D eigenvalue weighted by Gasteiger charge is -2.47. The maximum absolute atomic E-state index is 13.7. The van der Waals surface area contributed by atoms with Crippen LogP contribution in [0, 0.1) is 28.6 Å². The first-order chi connectivity index (χ1) is 8.53. The van der Waals surface area contributed by atoms with Gasteiger partial charge in [0.25, 0.3) is 0 Å². The van der Waals surface area contributed by atoms with Crippen molar-refractivity contribution in [1.29, 1.82) is 5.26 Å². The highest BCUT2D eigenvalue weighted by atomic mass is 19.3. The van der Waals surface area contributed by atoms with E-state index in [1.807, 2.05) is 20.8 Å². The van der Waals surface area contributed by atoms with Gasteiger partial charge in [-0.05, 0) is 44.9 Å². The topological polar surface area (TPSA) is 33.0 Å². The summed E-state index contributed by atoms with van der Waals surface area (Å²) in [7, 11) is 0. The molecular weight excluding hydrogens is 248 g/mol. The lowest BCUT2D eigenvalue weighted by atomic mass is 9.64. The summed E-state index contributed by atoms with van der Waals surface area (Å²) in [5, 5.41) is 8.97. The van der Waals surface area contributed by atoms with Crippen molar-refractivity contribution in [3.63, 3.8) is 0 Å². The molecule has 3 atom stereocenters. The largest absolute Gasteiger partial charge is 0.356 e. The molecule has 1 aliphatic rings. The Morgan fingerprint density at radius 3 is 2.42 bits per heavy atom. The molecule has 0 amide bonds. The van der Waals surface area contributed by atoms with Gasteiger partial charge in [-0.2, -0.15) is 14.0 Å². The van der Waals surface area contributed by atoms with Crippen molar-refractivity contribution in [2.75, 3.05) is 0 Å². The van der Waals surface area contributed by atoms with Crippen LogP contribution in [-0.4, -0.2) is 11.7 Å². The van der Waals surface area contributed by atoms with Crippen molar-refractivity contribution < 1.29 is 13.5 Å². The SMILES string of the molecule is CCC(C)(CC(C)C#N)C1CC(C)(C)OC(F)(F)C1. The Balaban J connectivity index is 2.94. The van der Waals surface area contributed by atoms with E-state index in [1.54, 1.807) is 13.8 Å². The standard InChI is InChI=1S/C15H25F2NO/c1-6-14(5,7-11(2)10-18)12-8-13(3,4)19-15(16,17)9-12/h11-12H,6-9H2,1-5H3. The number of nitrogens with zero attached hydrogens (tertiary/aromatic N) is 1. The van der Waals surface area contributed by atoms with Gasteiger partial charge in [-0.15, -0.1) is 0 Å². The molecule has 0 aromatic heterocycles. The maximum atomic E-state index is 13.7. The predicted octanol–water partition coefficient (Wildman–Crippen LogP) is 4.75. The first-order valence-electron chi connectivity index (χ1n) is 7.01. The Morgan fingerprint density at radius 1 is 1.42 bits per heavy atom. The van der Waals surface area contributed by atoms with E-state index >= 15 is 0 Å². The van der Waals surface area contributed by atoms with Gasteiger partial charge in [-0.3, -0.25) is 0 Å². The van der Waals surface area contributed by atoms with Gasteiger partial charge < -0.3 is 4.74 Å². The molecule has 19 heavy (non-hydrogen) atoms. The molecule has 1 rings (SSSR count). The molecule has 0 radical (unpaired) electrons. The number of ether oxygens (including phenoxy) is 1. The normalized spacial score (nSPS) is 30.1. The minimum Gasteiger partial charge on any atom is -0.314 e. The molecule has 0 saturated carbocycles. The number of halogens is 2. The number of alkyl halides is 2. The van der Waals surface area contributed by atoms with Crippen LogP contribution in [0.15, 0.2) is 0 Å². The van der Waals surface area contributed by atoms with Crippen molar-refractivity contribution in [3.8, 4) is 6.07 Å². The van der Waals surface area contributed by atoms with Crippen LogP contribution in [0.1, 0.15) is 60.3 Å². The average Bonchev–Trinajstić information content (AvgIpc) is 2.24. The van der Waals surface area contributed by atoms with Gasteiger partial charge in [0.1, 0.15) is 0 Å². The first-order valence-corrected chi connectivity index (χ1v) is 7.01. The van der Waals surface area contributed by atoms with Gasteiger partial charge in [-0.1, -0.05) is 20.3 Å². The van der Waals surface area contributed by atoms with Crippen molar-refractivity contribution >= 4 is 0 Å². The Bertz CT molecular complexity index is 346. The second kappa shape index (κ2) is 5.36. The molecule has 1 fully saturated rings. The van der Waals surface area contributed by atoms with Crippen LogP contribution in [0.3, 0.4) is 0 Å². The van der Waals surface area contributed by atoms with Crippen molar-refractivity contribution in [1.82, 2.24) is 0 Å². The summed E-state index contributed by atoms with van der Waals surface area (Å²) >= 11 is 0. The molecule has 110 valence electrons. The molecule has 1 aliphatic heterocycles. The zero-order valence-electron chi connectivity index (χ0n) is 12.6. The Morgan fingerprint density at radius 2 is 2.00 bits per heavy atom. The lowest BCUT2D eigenvalue weighted by molar-refractivity contribution is -0.328. The van der Waals surface area contributed by atoms with Crippen molar-refractivity contribution in [2.45, 2.75) is 72.0 Å². The highest BCUT2D eigenvalue weighted by Crippen LogP contribution is 2.51. The van der Waals surface area contributed by atoms with Gasteiger partial charge in [0.15, 0.2) is 0 Å². The van der Waals surface area contributed by atoms with Gasteiger partial charge >= 0.3 is 6.11 Å². The highest BCUT2D eigenvalue weighted by molar-refractivity contribution is 4.95. The summed E-state index contributed by atoms with van der Waals surface area (Å²) < 4.78 is 32.4. The molecule has 1 saturated heterocycles. The second-order valence-corrected chi connectivity index (χ2v) is 6.85. The first kappa shape index (κ1) is 16.4. The van der Waals surface area contributed by atoms with E-state index in [-0.39, 0.29) is 23.7 Å². The Labute approximate surface area is 115 Å². The molecular formula is C15H25F2NO. The van der Waals surface area contributed by atoms with Gasteiger partial charge in [0.05, 0.1) is 11.7 Å². The number of hydrogen-bond donors (Lipinski definition) is 0. The fraction of sp³-hybridized carbons (Fsp3) is 0.933. The average molecular weight is 273 g/mol. The van der Waals surface area contributed by atoms with Gasteiger partial charge in [-0.25, -0.2) is 0 Å². The molecule has 4 heteroatoms. The zero-order valence-corrected chi connectivity index (χ0v) is 12.6. The van der Waals surface area contributed by atoms with E-state index in [4.69, 9.17) is 10.00 Å². The summed E-state index contributed by atoms with van der Waals surface area (Å²) in [4.78, 5) is 0. The molecule has 2 nitrogen and oxygen atoms in total. The van der Waals surface area contributed by atoms with E-state index in [9.17, 15) is 8.78 Å². The smallest absolute Gasteiger partial charge is 0.314 e. The second-order valence-electron chi connectivity index (χ2n) is 6.85. The number of nitriles is 1. The molecule has 1 heterocycles. The van der Waals surface area contributed by atoms with Crippen LogP contribution in [-0.2, 0) is 4.74 Å². The Kier molecular flexibility index (Phi) is 4.62. The summed E-state index contributed by atoms with van der Waals surface area (Å²) in [6, 6.07) is 2.22. The van der Waals surface area contributed by atoms with E-state index in [2.05, 4.69) is 6.07 Å². The van der Waals surface area contributed by atoms with Crippen LogP contribution >= 0.6 is 0 Å². The summed E-state index contributed by atoms with van der Waals surface area (Å²) in [5.41, 5.74) is -1.04. The van der Waals surface area contributed by atoms with Crippen LogP contribution in [0.25, 0.3) is 0 Å². The summed E-state index contributed by atoms with van der Waals surface area (Å²) in [6.07, 6.45) is -1.21. The van der Waals surface area contributed by atoms with Crippen LogP contribution in [0.4, 0.5) is 8.78 Å². The molecule has 0 aromatic rings. The molecule has 0 aromatic carbocycles. The third kappa shape index (κ3) is 4.14. The van der Waals surface area contributed by atoms with Gasteiger partial charge in [0.2, 0.25) is 0 Å². The number of rotatable bonds is 4. The minimum atomic E-state index is -3.06. The van der Waals surface area contributed by atoms with E-state index in [0.29, 0.717) is 12.8 Å². The molecule has 0 aliphatic carbocycles. The van der Waals surface area contributed by atoms with Gasteiger partial charge in [0, 0.05) is 12.3 Å². The minimum absolute atomic E-state index is 0.107. The number of hydrogen-bond acceptors (Lipinski definition) is 2. The fourth-order valence-corrected chi connectivity index (χ4v) is 3.28. The quantitative estimate of drug-likeness (QED) is 0.740. The molecule has 0 spiro atoms. The monoisotopic (exact) mass is 273 g/mol. The lowest BCUT2D eigenvalue weighted by Crippen LogP contribution is -2.48. The summed E-state index contributed by atoms with van der Waals surface area (Å²) in [6.45, 7) is 9.35. The molecule has 0 bridgehead atoms. The third-order valence-electron chi connectivity index (χ3n) is 4.43. The Hall–Kier alpha value is -0.690. The molecule has 3 unspecified atom stereocenters. The molecule has 0 N–H and O–H groups in total. The maximum Gasteiger partial charge on any atom is 0.356 e. The summed E-state index contributed by atoms with van der Waals surface area (Å²) in [5.74, 6) is -0.225. The highest BCUT2D eigenvalue weighted by Gasteiger charge is 2.51. The van der Waals surface area contributed by atoms with E-state index in [1.165, 1.54) is 0 Å². The van der Waals surface area contributed by atoms with Crippen LogP contribution < -0.4 is 0 Å².